The van der Waals surface area contributed by atoms with Gasteiger partial charge in [0, 0.05) is 35.0 Å². The van der Waals surface area contributed by atoms with Crippen LogP contribution in [0.25, 0.3) is 22.1 Å². The van der Waals surface area contributed by atoms with Crippen molar-refractivity contribution in [2.45, 2.75) is 33.4 Å². The molecule has 176 valence electrons. The number of aryl methyl sites for hydroxylation is 1. The zero-order valence-corrected chi connectivity index (χ0v) is 18.9. The van der Waals surface area contributed by atoms with Gasteiger partial charge in [0.1, 0.15) is 23.8 Å². The first-order chi connectivity index (χ1) is 16.4. The van der Waals surface area contributed by atoms with E-state index in [0.29, 0.717) is 16.9 Å². The van der Waals surface area contributed by atoms with E-state index in [4.69, 9.17) is 19.6 Å². The molecule has 6 nitrogen and oxygen atoms in total. The molecule has 0 aliphatic rings. The van der Waals surface area contributed by atoms with E-state index in [1.54, 1.807) is 19.1 Å². The van der Waals surface area contributed by atoms with Crippen molar-refractivity contribution in [3.8, 4) is 16.9 Å². The predicted molar refractivity (Wildman–Crippen MR) is 123 cm³/mol. The normalized spacial score (nSPS) is 11.1. The molecule has 0 bridgehead atoms. The van der Waals surface area contributed by atoms with Crippen molar-refractivity contribution in [2.24, 2.45) is 5.73 Å². The van der Waals surface area contributed by atoms with E-state index in [1.165, 1.54) is 30.7 Å². The lowest BCUT2D eigenvalue weighted by Crippen LogP contribution is -2.09. The first kappa shape index (κ1) is 23.4. The summed E-state index contributed by atoms with van der Waals surface area (Å²) < 4.78 is 46.8. The SMILES string of the molecule is CCOC(=O)Cc1ccc(C)cc1OCc1cc(-c2ccnc(CN)c2F)c2occc2c1F. The van der Waals surface area contributed by atoms with Gasteiger partial charge >= 0.3 is 5.97 Å². The molecule has 2 heterocycles. The second-order valence-corrected chi connectivity index (χ2v) is 7.77. The number of nitrogens with zero attached hydrogens (tertiary/aromatic N) is 1. The maximum absolute atomic E-state index is 15.3. The molecule has 4 rings (SSSR count). The van der Waals surface area contributed by atoms with Gasteiger partial charge in [0.25, 0.3) is 0 Å². The number of esters is 1. The van der Waals surface area contributed by atoms with Crippen molar-refractivity contribution in [3.05, 3.63) is 82.9 Å². The molecule has 0 radical (unpaired) electrons. The van der Waals surface area contributed by atoms with Crippen LogP contribution in [0.5, 0.6) is 5.75 Å². The van der Waals surface area contributed by atoms with Crippen molar-refractivity contribution in [2.75, 3.05) is 6.61 Å². The molecule has 0 spiro atoms. The molecule has 34 heavy (non-hydrogen) atoms. The molecule has 0 unspecified atom stereocenters. The number of carbonyl (C=O) groups is 1. The topological polar surface area (TPSA) is 87.6 Å². The van der Waals surface area contributed by atoms with Gasteiger partial charge in [0.05, 0.1) is 30.4 Å². The Balaban J connectivity index is 1.72. The van der Waals surface area contributed by atoms with Gasteiger partial charge in [-0.3, -0.25) is 9.78 Å². The molecular weight excluding hydrogens is 442 g/mol. The van der Waals surface area contributed by atoms with Crippen molar-refractivity contribution in [3.63, 3.8) is 0 Å². The third kappa shape index (κ3) is 4.63. The molecule has 4 aromatic rings. The lowest BCUT2D eigenvalue weighted by molar-refractivity contribution is -0.142. The zero-order valence-electron chi connectivity index (χ0n) is 18.9. The van der Waals surface area contributed by atoms with Crippen LogP contribution in [-0.4, -0.2) is 17.6 Å². The summed E-state index contributed by atoms with van der Waals surface area (Å²) in [7, 11) is 0. The minimum atomic E-state index is -0.586. The molecule has 2 aromatic carbocycles. The average molecular weight is 466 g/mol. The van der Waals surface area contributed by atoms with Crippen molar-refractivity contribution < 1.29 is 27.5 Å². The number of hydrogen-bond donors (Lipinski definition) is 1. The number of ether oxygens (including phenoxy) is 2. The fourth-order valence-electron chi connectivity index (χ4n) is 3.77. The summed E-state index contributed by atoms with van der Waals surface area (Å²) in [5, 5.41) is 0.206. The van der Waals surface area contributed by atoms with Crippen molar-refractivity contribution in [1.29, 1.82) is 0 Å². The first-order valence-electron chi connectivity index (χ1n) is 10.8. The smallest absolute Gasteiger partial charge is 0.310 e. The van der Waals surface area contributed by atoms with Crippen LogP contribution in [0.3, 0.4) is 0 Å². The highest BCUT2D eigenvalue weighted by Gasteiger charge is 2.20. The summed E-state index contributed by atoms with van der Waals surface area (Å²) in [6.45, 7) is 3.68. The molecule has 0 aliphatic heterocycles. The second-order valence-electron chi connectivity index (χ2n) is 7.77. The number of aromatic nitrogens is 1. The third-order valence-corrected chi connectivity index (χ3v) is 5.44. The fraction of sp³-hybridized carbons (Fsp3) is 0.231. The number of benzene rings is 2. The van der Waals surface area contributed by atoms with E-state index in [0.717, 1.165) is 5.56 Å². The molecular formula is C26H24F2N2O4. The van der Waals surface area contributed by atoms with Crippen LogP contribution >= 0.6 is 0 Å². The van der Waals surface area contributed by atoms with E-state index in [2.05, 4.69) is 4.98 Å². The molecule has 8 heteroatoms. The molecule has 2 aromatic heterocycles. The monoisotopic (exact) mass is 466 g/mol. The van der Waals surface area contributed by atoms with Gasteiger partial charge in [-0.25, -0.2) is 8.78 Å². The van der Waals surface area contributed by atoms with Crippen LogP contribution < -0.4 is 10.5 Å². The summed E-state index contributed by atoms with van der Waals surface area (Å²) in [6, 6.07) is 9.90. The standard InChI is InChI=1S/C26H24F2N2O4/c1-3-32-23(31)12-16-5-4-15(2)10-22(16)34-14-17-11-20(26-19(24(17)27)7-9-33-26)18-6-8-30-21(13-29)25(18)28/h4-11H,3,12-14,29H2,1-2H3. The predicted octanol–water partition coefficient (Wildman–Crippen LogP) is 5.22. The molecule has 0 amide bonds. The lowest BCUT2D eigenvalue weighted by Gasteiger charge is -2.14. The highest BCUT2D eigenvalue weighted by Crippen LogP contribution is 2.35. The van der Waals surface area contributed by atoms with Crippen molar-refractivity contribution >= 4 is 16.9 Å². The van der Waals surface area contributed by atoms with Gasteiger partial charge in [0.2, 0.25) is 0 Å². The minimum absolute atomic E-state index is 0.0298. The van der Waals surface area contributed by atoms with Crippen LogP contribution in [-0.2, 0) is 29.1 Å². The van der Waals surface area contributed by atoms with Crippen LogP contribution in [0.1, 0.15) is 29.3 Å². The van der Waals surface area contributed by atoms with E-state index in [1.807, 2.05) is 13.0 Å². The highest BCUT2D eigenvalue weighted by atomic mass is 19.1. The Kier molecular flexibility index (Phi) is 6.88. The molecule has 2 N–H and O–H groups in total. The Bertz CT molecular complexity index is 1350. The number of furan rings is 1. The number of carbonyl (C=O) groups excluding carboxylic acids is 1. The number of rotatable bonds is 8. The third-order valence-electron chi connectivity index (χ3n) is 5.44. The van der Waals surface area contributed by atoms with E-state index in [-0.39, 0.29) is 59.9 Å². The number of nitrogens with two attached hydrogens (primary N) is 1. The quantitative estimate of drug-likeness (QED) is 0.358. The van der Waals surface area contributed by atoms with Gasteiger partial charge in [0.15, 0.2) is 5.82 Å². The van der Waals surface area contributed by atoms with Crippen LogP contribution in [0.15, 0.2) is 53.3 Å². The Morgan fingerprint density at radius 2 is 1.91 bits per heavy atom. The zero-order chi connectivity index (χ0) is 24.2. The number of halogens is 2. The number of pyridine rings is 1. The maximum Gasteiger partial charge on any atom is 0.310 e. The van der Waals surface area contributed by atoms with E-state index < -0.39 is 11.6 Å². The molecule has 0 atom stereocenters. The largest absolute Gasteiger partial charge is 0.488 e. The van der Waals surface area contributed by atoms with Gasteiger partial charge in [-0.2, -0.15) is 0 Å². The van der Waals surface area contributed by atoms with Gasteiger partial charge in [-0.1, -0.05) is 12.1 Å². The Hall–Kier alpha value is -3.78. The van der Waals surface area contributed by atoms with Gasteiger partial charge < -0.3 is 19.6 Å². The van der Waals surface area contributed by atoms with Crippen molar-refractivity contribution in [1.82, 2.24) is 4.98 Å². The summed E-state index contributed by atoms with van der Waals surface area (Å²) in [5.41, 5.74) is 8.23. The Morgan fingerprint density at radius 3 is 2.68 bits per heavy atom. The molecule has 0 saturated heterocycles. The molecule has 0 fully saturated rings. The van der Waals surface area contributed by atoms with Crippen LogP contribution in [0, 0.1) is 18.6 Å². The van der Waals surface area contributed by atoms with Gasteiger partial charge in [-0.15, -0.1) is 0 Å². The Labute approximate surface area is 195 Å². The number of hydrogen-bond acceptors (Lipinski definition) is 6. The molecule has 0 saturated carbocycles. The minimum Gasteiger partial charge on any atom is -0.488 e. The first-order valence-corrected chi connectivity index (χ1v) is 10.8. The van der Waals surface area contributed by atoms with E-state index >= 15 is 8.78 Å². The van der Waals surface area contributed by atoms with Gasteiger partial charge in [-0.05, 0) is 43.7 Å². The summed E-state index contributed by atoms with van der Waals surface area (Å²) in [6.07, 6.45) is 2.83. The fourth-order valence-corrected chi connectivity index (χ4v) is 3.77. The highest BCUT2D eigenvalue weighted by molar-refractivity contribution is 5.93. The Morgan fingerprint density at radius 1 is 1.09 bits per heavy atom. The average Bonchev–Trinajstić information content (AvgIpc) is 3.31. The van der Waals surface area contributed by atoms with E-state index in [9.17, 15) is 4.79 Å². The molecule has 0 aliphatic carbocycles. The van der Waals surface area contributed by atoms with Crippen LogP contribution in [0.4, 0.5) is 8.78 Å². The summed E-state index contributed by atoms with van der Waals surface area (Å²) in [4.78, 5) is 15.9. The lowest BCUT2D eigenvalue weighted by atomic mass is 9.99. The van der Waals surface area contributed by atoms with Crippen LogP contribution in [0.2, 0.25) is 0 Å². The maximum atomic E-state index is 15.3. The summed E-state index contributed by atoms with van der Waals surface area (Å²) in [5.74, 6) is -1.05. The second kappa shape index (κ2) is 10.0. The summed E-state index contributed by atoms with van der Waals surface area (Å²) >= 11 is 0. The number of fused-ring (bicyclic) bond motifs is 1.